The van der Waals surface area contributed by atoms with Crippen LogP contribution >= 0.6 is 0 Å². The number of rotatable bonds is 5. The van der Waals surface area contributed by atoms with Crippen molar-refractivity contribution in [3.05, 3.63) is 11.8 Å². The number of carboxylic acids is 1. The van der Waals surface area contributed by atoms with Crippen molar-refractivity contribution in [1.29, 1.82) is 0 Å². The first-order valence-corrected chi connectivity index (χ1v) is 4.31. The van der Waals surface area contributed by atoms with Crippen LogP contribution in [0.25, 0.3) is 0 Å². The van der Waals surface area contributed by atoms with Gasteiger partial charge in [-0.3, -0.25) is 4.79 Å². The molecular formula is C9H16NNaO4. The molecule has 0 aromatic heterocycles. The molecule has 1 atom stereocenters. The van der Waals surface area contributed by atoms with Gasteiger partial charge in [0.25, 0.3) is 0 Å². The Labute approximate surface area is 111 Å². The molecule has 0 amide bonds. The molecule has 0 aromatic rings. The molecule has 0 bridgehead atoms. The molecule has 0 saturated heterocycles. The first-order chi connectivity index (χ1) is 6.47. The monoisotopic (exact) mass is 225 g/mol. The number of nitrogens with one attached hydrogen (secondary N) is 1. The van der Waals surface area contributed by atoms with Crippen LogP contribution in [0.15, 0.2) is 11.8 Å². The molecule has 0 aromatic carbocycles. The number of hydrogen-bond acceptors (Lipinski definition) is 4. The van der Waals surface area contributed by atoms with Gasteiger partial charge in [-0.1, -0.05) is 0 Å². The van der Waals surface area contributed by atoms with Gasteiger partial charge < -0.3 is 15.2 Å². The number of hydrogen-bond donors (Lipinski definition) is 2. The summed E-state index contributed by atoms with van der Waals surface area (Å²) < 4.78 is 4.65. The third kappa shape index (κ3) is 8.47. The summed E-state index contributed by atoms with van der Waals surface area (Å²) in [4.78, 5) is 21.4. The van der Waals surface area contributed by atoms with Crippen molar-refractivity contribution in [2.45, 2.75) is 26.8 Å². The van der Waals surface area contributed by atoms with Crippen LogP contribution in [0.4, 0.5) is 0 Å². The van der Waals surface area contributed by atoms with Gasteiger partial charge in [-0.05, 0) is 20.8 Å². The van der Waals surface area contributed by atoms with Gasteiger partial charge in [0.2, 0.25) is 0 Å². The maximum atomic E-state index is 10.9. The predicted molar refractivity (Wildman–Crippen MR) is 57.8 cm³/mol. The summed E-state index contributed by atoms with van der Waals surface area (Å²) in [5.41, 5.74) is 0.471. The van der Waals surface area contributed by atoms with E-state index in [4.69, 9.17) is 5.11 Å². The minimum atomic E-state index is -0.971. The summed E-state index contributed by atoms with van der Waals surface area (Å²) in [6.07, 6.45) is 1.23. The van der Waals surface area contributed by atoms with Gasteiger partial charge in [-0.2, -0.15) is 0 Å². The molecule has 0 saturated carbocycles. The van der Waals surface area contributed by atoms with Crippen molar-refractivity contribution in [2.24, 2.45) is 0 Å². The van der Waals surface area contributed by atoms with E-state index in [2.05, 4.69) is 10.1 Å². The minimum absolute atomic E-state index is 0. The van der Waals surface area contributed by atoms with Crippen LogP contribution in [0.2, 0.25) is 0 Å². The van der Waals surface area contributed by atoms with Crippen LogP contribution in [-0.2, 0) is 14.3 Å². The Balaban J connectivity index is 0. The number of allylic oxidation sites excluding steroid dienone is 1. The number of aliphatic carboxylic acids is 1. The number of esters is 1. The standard InChI is InChI=1S/C9H15NO4.Na.H/c1-4-14-8(11)5-6(2)10-7(3)9(12)13;;/h5,7,10H,4H2,1-3H3,(H,12,13);;/b6-5+;;/t7-;;/m0../s1. The number of carbonyl (C=O) groups excluding carboxylic acids is 1. The summed E-state index contributed by atoms with van der Waals surface area (Å²) in [6, 6.07) is -0.722. The Hall–Kier alpha value is -0.520. The fraction of sp³-hybridized carbons (Fsp3) is 0.556. The molecule has 0 heterocycles. The first kappa shape index (κ1) is 16.9. The molecule has 82 valence electrons. The molecule has 0 fully saturated rings. The number of carboxylic acid groups (broad SMARTS) is 1. The van der Waals surface area contributed by atoms with E-state index in [-0.39, 0.29) is 29.6 Å². The van der Waals surface area contributed by atoms with Crippen molar-refractivity contribution in [3.8, 4) is 0 Å². The normalized spacial score (nSPS) is 12.3. The molecule has 0 aliphatic rings. The van der Waals surface area contributed by atoms with Crippen LogP contribution in [-0.4, -0.2) is 59.3 Å². The Morgan fingerprint density at radius 1 is 1.53 bits per heavy atom. The quantitative estimate of drug-likeness (QED) is 0.387. The molecule has 0 spiro atoms. The van der Waals surface area contributed by atoms with Crippen molar-refractivity contribution >= 4 is 41.5 Å². The van der Waals surface area contributed by atoms with E-state index in [0.29, 0.717) is 12.3 Å². The van der Waals surface area contributed by atoms with Gasteiger partial charge in [-0.15, -0.1) is 0 Å². The summed E-state index contributed by atoms with van der Waals surface area (Å²) in [6.45, 7) is 5.10. The third-order valence-electron chi connectivity index (χ3n) is 1.44. The van der Waals surface area contributed by atoms with Crippen LogP contribution in [0.5, 0.6) is 0 Å². The second-order valence-corrected chi connectivity index (χ2v) is 2.78. The van der Waals surface area contributed by atoms with E-state index in [1.165, 1.54) is 13.0 Å². The van der Waals surface area contributed by atoms with Crippen molar-refractivity contribution in [3.63, 3.8) is 0 Å². The summed E-state index contributed by atoms with van der Waals surface area (Å²) in [5, 5.41) is 11.2. The fourth-order valence-electron chi connectivity index (χ4n) is 0.806. The summed E-state index contributed by atoms with van der Waals surface area (Å²) in [7, 11) is 0. The molecule has 5 nitrogen and oxygen atoms in total. The van der Waals surface area contributed by atoms with Gasteiger partial charge in [0.1, 0.15) is 6.04 Å². The zero-order valence-corrected chi connectivity index (χ0v) is 8.53. The van der Waals surface area contributed by atoms with Crippen LogP contribution in [0.1, 0.15) is 20.8 Å². The Kier molecular flexibility index (Phi) is 9.87. The first-order valence-electron chi connectivity index (χ1n) is 4.31. The second kappa shape index (κ2) is 8.76. The van der Waals surface area contributed by atoms with Gasteiger partial charge in [0, 0.05) is 11.8 Å². The average Bonchev–Trinajstić information content (AvgIpc) is 2.03. The second-order valence-electron chi connectivity index (χ2n) is 2.78. The van der Waals surface area contributed by atoms with Crippen LogP contribution in [0.3, 0.4) is 0 Å². The zero-order valence-electron chi connectivity index (χ0n) is 8.53. The van der Waals surface area contributed by atoms with E-state index in [0.717, 1.165) is 0 Å². The Bertz CT molecular complexity index is 252. The summed E-state index contributed by atoms with van der Waals surface area (Å²) >= 11 is 0. The van der Waals surface area contributed by atoms with E-state index < -0.39 is 18.0 Å². The van der Waals surface area contributed by atoms with Gasteiger partial charge >= 0.3 is 41.5 Å². The van der Waals surface area contributed by atoms with Crippen molar-refractivity contribution in [1.82, 2.24) is 5.32 Å². The topological polar surface area (TPSA) is 75.6 Å². The van der Waals surface area contributed by atoms with E-state index >= 15 is 0 Å². The van der Waals surface area contributed by atoms with Gasteiger partial charge in [0.05, 0.1) is 6.61 Å². The summed E-state index contributed by atoms with van der Waals surface area (Å²) in [5.74, 6) is -1.45. The molecule has 0 radical (unpaired) electrons. The van der Waals surface area contributed by atoms with Crippen LogP contribution < -0.4 is 5.32 Å². The molecule has 0 unspecified atom stereocenters. The third-order valence-corrected chi connectivity index (χ3v) is 1.44. The van der Waals surface area contributed by atoms with Crippen molar-refractivity contribution in [2.75, 3.05) is 6.61 Å². The number of ether oxygens (including phenoxy) is 1. The van der Waals surface area contributed by atoms with Gasteiger partial charge in [-0.25, -0.2) is 4.79 Å². The Morgan fingerprint density at radius 2 is 2.07 bits per heavy atom. The van der Waals surface area contributed by atoms with Crippen LogP contribution in [0, 0.1) is 0 Å². The van der Waals surface area contributed by atoms with E-state index in [1.54, 1.807) is 13.8 Å². The average molecular weight is 225 g/mol. The molecule has 0 rings (SSSR count). The van der Waals surface area contributed by atoms with Gasteiger partial charge in [0.15, 0.2) is 0 Å². The fourth-order valence-corrected chi connectivity index (χ4v) is 0.806. The molecule has 2 N–H and O–H groups in total. The molecular weight excluding hydrogens is 209 g/mol. The molecule has 15 heavy (non-hydrogen) atoms. The van der Waals surface area contributed by atoms with E-state index in [1.807, 2.05) is 0 Å². The zero-order chi connectivity index (χ0) is 11.1. The SMILES string of the molecule is CCOC(=O)/C=C(\C)N[C@@H](C)C(=O)O.[NaH]. The molecule has 0 aliphatic heterocycles. The number of carbonyl (C=O) groups is 2. The predicted octanol–water partition coefficient (Wildman–Crippen LogP) is -0.132. The molecule has 0 aliphatic carbocycles. The van der Waals surface area contributed by atoms with Crippen molar-refractivity contribution < 1.29 is 19.4 Å². The maximum absolute atomic E-state index is 10.9. The Morgan fingerprint density at radius 3 is 2.47 bits per heavy atom. The van der Waals surface area contributed by atoms with E-state index in [9.17, 15) is 9.59 Å². The molecule has 6 heteroatoms.